The maximum absolute atomic E-state index is 12.2. The number of furan rings is 1. The first-order valence-electron chi connectivity index (χ1n) is 9.10. The van der Waals surface area contributed by atoms with E-state index in [1.807, 2.05) is 79.0 Å². The second-order valence-corrected chi connectivity index (χ2v) is 6.36. The molecule has 1 heterocycles. The number of nitrogens with two attached hydrogens (primary N) is 1. The van der Waals surface area contributed by atoms with Crippen molar-refractivity contribution in [3.05, 3.63) is 89.9 Å². The Morgan fingerprint density at radius 3 is 2.70 bits per heavy atom. The van der Waals surface area contributed by atoms with Crippen LogP contribution in [0.4, 0.5) is 0 Å². The molecule has 27 heavy (non-hydrogen) atoms. The van der Waals surface area contributed by atoms with Gasteiger partial charge in [0.15, 0.2) is 18.3 Å². The number of carbonyl (C=O) groups excluding carboxylic acids is 1. The van der Waals surface area contributed by atoms with E-state index in [0.29, 0.717) is 19.7 Å². The highest BCUT2D eigenvalue weighted by molar-refractivity contribution is 5.76. The van der Waals surface area contributed by atoms with E-state index in [0.717, 1.165) is 22.6 Å². The summed E-state index contributed by atoms with van der Waals surface area (Å²) in [6, 6.07) is 21.6. The van der Waals surface area contributed by atoms with E-state index in [-0.39, 0.29) is 11.9 Å². The minimum Gasteiger partial charge on any atom is -0.492 e. The summed E-state index contributed by atoms with van der Waals surface area (Å²) in [6.07, 6.45) is 1.65. The van der Waals surface area contributed by atoms with Gasteiger partial charge < -0.3 is 19.8 Å². The molecular weight excluding hydrogens is 340 g/mol. The van der Waals surface area contributed by atoms with Gasteiger partial charge in [0.1, 0.15) is 12.4 Å². The zero-order valence-electron chi connectivity index (χ0n) is 15.4. The smallest absolute Gasteiger partial charge is 0.275 e. The van der Waals surface area contributed by atoms with Gasteiger partial charge in [-0.05, 0) is 36.8 Å². The van der Waals surface area contributed by atoms with Gasteiger partial charge in [-0.3, -0.25) is 4.79 Å². The molecule has 0 aliphatic carbocycles. The summed E-state index contributed by atoms with van der Waals surface area (Å²) in [4.78, 5) is 12.2. The molecule has 3 N–H and O–H groups in total. The lowest BCUT2D eigenvalue weighted by Gasteiger charge is -2.14. The van der Waals surface area contributed by atoms with Gasteiger partial charge in [0.05, 0.1) is 12.8 Å². The third-order valence-electron chi connectivity index (χ3n) is 4.23. The summed E-state index contributed by atoms with van der Waals surface area (Å²) >= 11 is 0. The fourth-order valence-corrected chi connectivity index (χ4v) is 2.91. The highest BCUT2D eigenvalue weighted by atomic mass is 16.5. The van der Waals surface area contributed by atoms with Gasteiger partial charge in [-0.2, -0.15) is 0 Å². The molecule has 3 aromatic rings. The molecule has 5 nitrogen and oxygen atoms in total. The lowest BCUT2D eigenvalue weighted by Crippen LogP contribution is -2.87. The number of ether oxygens (including phenoxy) is 1. The van der Waals surface area contributed by atoms with Crippen LogP contribution in [0.3, 0.4) is 0 Å². The molecule has 0 saturated heterocycles. The van der Waals surface area contributed by atoms with E-state index in [4.69, 9.17) is 9.15 Å². The Morgan fingerprint density at radius 1 is 1.11 bits per heavy atom. The van der Waals surface area contributed by atoms with Crippen LogP contribution < -0.4 is 15.4 Å². The van der Waals surface area contributed by atoms with Crippen LogP contribution in [-0.4, -0.2) is 25.6 Å². The number of benzene rings is 2. The second kappa shape index (κ2) is 9.59. The van der Waals surface area contributed by atoms with Crippen LogP contribution in [0.1, 0.15) is 22.9 Å². The average molecular weight is 365 g/mol. The number of hydrogen-bond acceptors (Lipinski definition) is 3. The molecule has 1 atom stereocenters. The van der Waals surface area contributed by atoms with Gasteiger partial charge >= 0.3 is 0 Å². The number of hydrogen-bond donors (Lipinski definition) is 2. The monoisotopic (exact) mass is 365 g/mol. The molecule has 0 unspecified atom stereocenters. The summed E-state index contributed by atoms with van der Waals surface area (Å²) in [7, 11) is 0. The first-order valence-corrected chi connectivity index (χ1v) is 9.10. The van der Waals surface area contributed by atoms with E-state index in [1.54, 1.807) is 6.26 Å². The fraction of sp³-hybridized carbons (Fsp3) is 0.227. The maximum atomic E-state index is 12.2. The van der Waals surface area contributed by atoms with E-state index < -0.39 is 0 Å². The number of quaternary nitrogens is 1. The molecule has 0 aliphatic heterocycles. The first-order chi connectivity index (χ1) is 13.2. The summed E-state index contributed by atoms with van der Waals surface area (Å²) in [5, 5.41) is 4.87. The Hall–Kier alpha value is -3.05. The third kappa shape index (κ3) is 5.72. The molecule has 0 aliphatic rings. The molecule has 3 rings (SSSR count). The number of carbonyl (C=O) groups is 1. The van der Waals surface area contributed by atoms with Gasteiger partial charge in [-0.25, -0.2) is 0 Å². The molecule has 1 amide bonds. The normalized spacial score (nSPS) is 11.7. The van der Waals surface area contributed by atoms with Gasteiger partial charge in [0.25, 0.3) is 5.91 Å². The zero-order chi connectivity index (χ0) is 18.9. The molecule has 2 aromatic carbocycles. The van der Waals surface area contributed by atoms with E-state index >= 15 is 0 Å². The van der Waals surface area contributed by atoms with Crippen LogP contribution in [0.2, 0.25) is 0 Å². The van der Waals surface area contributed by atoms with Gasteiger partial charge in [-0.15, -0.1) is 0 Å². The summed E-state index contributed by atoms with van der Waals surface area (Å²) in [5.74, 6) is 1.62. The molecule has 0 fully saturated rings. The third-order valence-corrected chi connectivity index (χ3v) is 4.23. The van der Waals surface area contributed by atoms with E-state index in [2.05, 4.69) is 5.32 Å². The largest absolute Gasteiger partial charge is 0.492 e. The van der Waals surface area contributed by atoms with Gasteiger partial charge in [0.2, 0.25) is 0 Å². The highest BCUT2D eigenvalue weighted by Crippen LogP contribution is 2.18. The lowest BCUT2D eigenvalue weighted by atomic mass is 10.0. The van der Waals surface area contributed by atoms with Crippen molar-refractivity contribution < 1.29 is 19.3 Å². The molecule has 0 spiro atoms. The van der Waals surface area contributed by atoms with Crippen molar-refractivity contribution in [2.24, 2.45) is 0 Å². The van der Waals surface area contributed by atoms with Crippen molar-refractivity contribution in [2.75, 3.05) is 19.7 Å². The Morgan fingerprint density at radius 2 is 1.96 bits per heavy atom. The van der Waals surface area contributed by atoms with Crippen molar-refractivity contribution in [3.8, 4) is 5.75 Å². The lowest BCUT2D eigenvalue weighted by molar-refractivity contribution is -0.678. The number of nitrogens with one attached hydrogen (secondary N) is 1. The van der Waals surface area contributed by atoms with Crippen LogP contribution >= 0.6 is 0 Å². The van der Waals surface area contributed by atoms with Crippen molar-refractivity contribution in [3.63, 3.8) is 0 Å². The number of aryl methyl sites for hydroxylation is 1. The molecule has 0 bridgehead atoms. The SMILES string of the molecule is Cc1cccc(OCCNC(=O)C[NH2+][C@H](c2ccccc2)c2ccco2)c1. The predicted octanol–water partition coefficient (Wildman–Crippen LogP) is 2.44. The van der Waals surface area contributed by atoms with Gasteiger partial charge in [0, 0.05) is 5.56 Å². The Bertz CT molecular complexity index is 832. The number of rotatable bonds is 9. The van der Waals surface area contributed by atoms with Crippen LogP contribution in [0.15, 0.2) is 77.4 Å². The molecule has 5 heteroatoms. The average Bonchev–Trinajstić information content (AvgIpc) is 3.21. The molecular formula is C22H25N2O3+. The maximum Gasteiger partial charge on any atom is 0.275 e. The molecule has 1 aromatic heterocycles. The fourth-order valence-electron chi connectivity index (χ4n) is 2.91. The molecule has 140 valence electrons. The topological polar surface area (TPSA) is 68.1 Å². The first kappa shape index (κ1) is 18.7. The number of amides is 1. The van der Waals surface area contributed by atoms with Crippen molar-refractivity contribution in [1.29, 1.82) is 0 Å². The summed E-state index contributed by atoms with van der Waals surface area (Å²) in [6.45, 7) is 3.24. The van der Waals surface area contributed by atoms with Crippen LogP contribution in [-0.2, 0) is 4.79 Å². The summed E-state index contributed by atoms with van der Waals surface area (Å²) < 4.78 is 11.2. The highest BCUT2D eigenvalue weighted by Gasteiger charge is 2.21. The zero-order valence-corrected chi connectivity index (χ0v) is 15.4. The Kier molecular flexibility index (Phi) is 6.66. The van der Waals surface area contributed by atoms with Crippen LogP contribution in [0, 0.1) is 6.92 Å². The van der Waals surface area contributed by atoms with Crippen LogP contribution in [0.25, 0.3) is 0 Å². The Balaban J connectivity index is 1.45. The second-order valence-electron chi connectivity index (χ2n) is 6.36. The summed E-state index contributed by atoms with van der Waals surface area (Å²) in [5.41, 5.74) is 2.25. The quantitative estimate of drug-likeness (QED) is 0.572. The van der Waals surface area contributed by atoms with Crippen molar-refractivity contribution >= 4 is 5.91 Å². The molecule has 0 radical (unpaired) electrons. The van der Waals surface area contributed by atoms with E-state index in [1.165, 1.54) is 0 Å². The standard InChI is InChI=1S/C22H24N2O3/c1-17-7-5-10-19(15-17)26-14-12-23-21(25)16-24-22(20-11-6-13-27-20)18-8-3-2-4-9-18/h2-11,13,15,22,24H,12,14,16H2,1H3,(H,23,25)/p+1/t22-/m1/s1. The molecule has 0 saturated carbocycles. The van der Waals surface area contributed by atoms with Crippen molar-refractivity contribution in [2.45, 2.75) is 13.0 Å². The van der Waals surface area contributed by atoms with Crippen molar-refractivity contribution in [1.82, 2.24) is 5.32 Å². The van der Waals surface area contributed by atoms with Crippen LogP contribution in [0.5, 0.6) is 5.75 Å². The predicted molar refractivity (Wildman–Crippen MR) is 103 cm³/mol. The minimum atomic E-state index is -0.0458. The minimum absolute atomic E-state index is 0.0321. The van der Waals surface area contributed by atoms with E-state index in [9.17, 15) is 4.79 Å². The Labute approximate surface area is 159 Å². The van der Waals surface area contributed by atoms with Gasteiger partial charge in [-0.1, -0.05) is 42.5 Å².